The van der Waals surface area contributed by atoms with E-state index in [9.17, 15) is 4.79 Å². The number of ketones is 1. The lowest BCUT2D eigenvalue weighted by Gasteiger charge is -1.99. The summed E-state index contributed by atoms with van der Waals surface area (Å²) in [4.78, 5) is 13.6. The molecule has 0 saturated carbocycles. The average molecular weight is 284 g/mol. The fraction of sp³-hybridized carbons (Fsp3) is 0. The molecule has 0 aliphatic rings. The molecule has 0 unspecified atom stereocenters. The van der Waals surface area contributed by atoms with Crippen molar-refractivity contribution in [2.45, 2.75) is 0 Å². The molecule has 0 amide bonds. The van der Waals surface area contributed by atoms with Crippen molar-refractivity contribution < 1.29 is 4.79 Å². The van der Waals surface area contributed by atoms with Crippen molar-refractivity contribution >= 4 is 17.4 Å². The first-order chi connectivity index (χ1) is 9.74. The first-order valence-electron chi connectivity index (χ1n) is 6.02. The van der Waals surface area contributed by atoms with Gasteiger partial charge in [0.25, 0.3) is 0 Å². The molecule has 0 aliphatic heterocycles. The second kappa shape index (κ2) is 5.27. The second-order valence-corrected chi connectivity index (χ2v) is 4.63. The number of hydrogen-bond acceptors (Lipinski definition) is 3. The van der Waals surface area contributed by atoms with Gasteiger partial charge < -0.3 is 0 Å². The van der Waals surface area contributed by atoms with E-state index in [0.29, 0.717) is 16.3 Å². The Hall–Kier alpha value is -2.46. The molecule has 0 spiro atoms. The van der Waals surface area contributed by atoms with Gasteiger partial charge in [0.15, 0.2) is 5.69 Å². The minimum Gasteiger partial charge on any atom is -0.287 e. The van der Waals surface area contributed by atoms with Gasteiger partial charge in [0, 0.05) is 10.6 Å². The molecule has 0 fully saturated rings. The fourth-order valence-corrected chi connectivity index (χ4v) is 1.93. The van der Waals surface area contributed by atoms with E-state index in [2.05, 4.69) is 10.2 Å². The van der Waals surface area contributed by atoms with Gasteiger partial charge in [0.05, 0.1) is 11.9 Å². The number of carbonyl (C=O) groups is 1. The van der Waals surface area contributed by atoms with Crippen molar-refractivity contribution in [3.8, 4) is 5.69 Å². The highest BCUT2D eigenvalue weighted by molar-refractivity contribution is 6.30. The van der Waals surface area contributed by atoms with Crippen LogP contribution in [0, 0.1) is 0 Å². The Kier molecular flexibility index (Phi) is 3.31. The van der Waals surface area contributed by atoms with Crippen LogP contribution in [0.4, 0.5) is 0 Å². The predicted octanol–water partition coefficient (Wildman–Crippen LogP) is 3.15. The minimum absolute atomic E-state index is 0.147. The Balaban J connectivity index is 1.91. The SMILES string of the molecule is O=C(c1ccccc1)c1cnn(-c2ccc(Cl)cc2)n1. The van der Waals surface area contributed by atoms with E-state index in [4.69, 9.17) is 11.6 Å². The molecule has 0 N–H and O–H groups in total. The Morgan fingerprint density at radius 1 is 1.00 bits per heavy atom. The molecule has 3 aromatic rings. The molecule has 5 heteroatoms. The van der Waals surface area contributed by atoms with Gasteiger partial charge in [-0.15, -0.1) is 5.10 Å². The Bertz CT molecular complexity index is 735. The summed E-state index contributed by atoms with van der Waals surface area (Å²) in [6, 6.07) is 16.1. The zero-order chi connectivity index (χ0) is 13.9. The van der Waals surface area contributed by atoms with Crippen LogP contribution in [0.2, 0.25) is 5.02 Å². The minimum atomic E-state index is -0.147. The molecule has 20 heavy (non-hydrogen) atoms. The first kappa shape index (κ1) is 12.6. The van der Waals surface area contributed by atoms with Gasteiger partial charge in [-0.1, -0.05) is 41.9 Å². The van der Waals surface area contributed by atoms with Crippen molar-refractivity contribution in [1.82, 2.24) is 15.0 Å². The highest BCUT2D eigenvalue weighted by atomic mass is 35.5. The summed E-state index contributed by atoms with van der Waals surface area (Å²) in [5.41, 5.74) is 1.66. The lowest BCUT2D eigenvalue weighted by molar-refractivity contribution is 0.103. The summed E-state index contributed by atoms with van der Waals surface area (Å²) in [6.45, 7) is 0. The van der Waals surface area contributed by atoms with Crippen LogP contribution in [0.1, 0.15) is 16.1 Å². The summed E-state index contributed by atoms with van der Waals surface area (Å²) in [5.74, 6) is -0.147. The van der Waals surface area contributed by atoms with Crippen LogP contribution < -0.4 is 0 Å². The van der Waals surface area contributed by atoms with Gasteiger partial charge in [-0.25, -0.2) is 0 Å². The van der Waals surface area contributed by atoms with Crippen LogP contribution >= 0.6 is 11.6 Å². The molecule has 0 radical (unpaired) electrons. The number of nitrogens with zero attached hydrogens (tertiary/aromatic N) is 3. The maximum Gasteiger partial charge on any atom is 0.214 e. The molecule has 4 nitrogen and oxygen atoms in total. The van der Waals surface area contributed by atoms with Crippen LogP contribution in [0.3, 0.4) is 0 Å². The summed E-state index contributed by atoms with van der Waals surface area (Å²) in [6.07, 6.45) is 1.46. The van der Waals surface area contributed by atoms with E-state index >= 15 is 0 Å². The molecule has 0 atom stereocenters. The molecule has 2 aromatic carbocycles. The van der Waals surface area contributed by atoms with Crippen LogP contribution in [0.15, 0.2) is 60.8 Å². The number of carbonyl (C=O) groups excluding carboxylic acids is 1. The third-order valence-corrected chi connectivity index (χ3v) is 3.07. The number of halogens is 1. The molecule has 1 heterocycles. The maximum atomic E-state index is 12.2. The molecular formula is C15H10ClN3O. The van der Waals surface area contributed by atoms with Crippen LogP contribution in [-0.4, -0.2) is 20.8 Å². The third-order valence-electron chi connectivity index (χ3n) is 2.82. The lowest BCUT2D eigenvalue weighted by Crippen LogP contribution is -2.04. The molecule has 0 saturated heterocycles. The van der Waals surface area contributed by atoms with E-state index in [1.54, 1.807) is 36.4 Å². The van der Waals surface area contributed by atoms with E-state index in [1.165, 1.54) is 11.0 Å². The average Bonchev–Trinajstić information content (AvgIpc) is 2.98. The monoisotopic (exact) mass is 283 g/mol. The van der Waals surface area contributed by atoms with Gasteiger partial charge >= 0.3 is 0 Å². The van der Waals surface area contributed by atoms with Crippen molar-refractivity contribution in [1.29, 1.82) is 0 Å². The van der Waals surface area contributed by atoms with E-state index in [1.807, 2.05) is 18.2 Å². The zero-order valence-corrected chi connectivity index (χ0v) is 11.2. The quantitative estimate of drug-likeness (QED) is 0.694. The second-order valence-electron chi connectivity index (χ2n) is 4.19. The molecule has 1 aromatic heterocycles. The van der Waals surface area contributed by atoms with Gasteiger partial charge in [0.2, 0.25) is 5.78 Å². The molecule has 0 aliphatic carbocycles. The number of rotatable bonds is 3. The van der Waals surface area contributed by atoms with Gasteiger partial charge in [0.1, 0.15) is 0 Å². The highest BCUT2D eigenvalue weighted by Crippen LogP contribution is 2.13. The summed E-state index contributed by atoms with van der Waals surface area (Å²) in [5, 5.41) is 8.94. The van der Waals surface area contributed by atoms with Gasteiger partial charge in [-0.05, 0) is 24.3 Å². The van der Waals surface area contributed by atoms with Crippen molar-refractivity contribution in [2.24, 2.45) is 0 Å². The molecule has 3 rings (SSSR count). The standard InChI is InChI=1S/C15H10ClN3O/c16-12-6-8-13(9-7-12)19-17-10-14(18-19)15(20)11-4-2-1-3-5-11/h1-10H. The van der Waals surface area contributed by atoms with Crippen molar-refractivity contribution in [2.75, 3.05) is 0 Å². The number of benzene rings is 2. The van der Waals surface area contributed by atoms with E-state index in [-0.39, 0.29) is 5.78 Å². The summed E-state index contributed by atoms with van der Waals surface area (Å²) in [7, 11) is 0. The number of hydrogen-bond donors (Lipinski definition) is 0. The van der Waals surface area contributed by atoms with Crippen LogP contribution in [-0.2, 0) is 0 Å². The summed E-state index contributed by atoms with van der Waals surface area (Å²) < 4.78 is 0. The topological polar surface area (TPSA) is 47.8 Å². The van der Waals surface area contributed by atoms with Crippen molar-refractivity contribution in [3.63, 3.8) is 0 Å². The Morgan fingerprint density at radius 2 is 1.70 bits per heavy atom. The van der Waals surface area contributed by atoms with Crippen molar-refractivity contribution in [3.05, 3.63) is 77.1 Å². The lowest BCUT2D eigenvalue weighted by atomic mass is 10.1. The molecule has 98 valence electrons. The summed E-state index contributed by atoms with van der Waals surface area (Å²) >= 11 is 5.83. The van der Waals surface area contributed by atoms with Crippen LogP contribution in [0.5, 0.6) is 0 Å². The third kappa shape index (κ3) is 2.46. The number of aromatic nitrogens is 3. The molecular weight excluding hydrogens is 274 g/mol. The smallest absolute Gasteiger partial charge is 0.214 e. The zero-order valence-electron chi connectivity index (χ0n) is 10.4. The normalized spacial score (nSPS) is 10.4. The van der Waals surface area contributed by atoms with E-state index < -0.39 is 0 Å². The Labute approximate surface area is 120 Å². The first-order valence-corrected chi connectivity index (χ1v) is 6.40. The largest absolute Gasteiger partial charge is 0.287 e. The van der Waals surface area contributed by atoms with Gasteiger partial charge in [-0.2, -0.15) is 9.90 Å². The Morgan fingerprint density at radius 3 is 2.40 bits per heavy atom. The van der Waals surface area contributed by atoms with E-state index in [0.717, 1.165) is 5.69 Å². The highest BCUT2D eigenvalue weighted by Gasteiger charge is 2.13. The van der Waals surface area contributed by atoms with Gasteiger partial charge in [-0.3, -0.25) is 4.79 Å². The fourth-order valence-electron chi connectivity index (χ4n) is 1.80. The maximum absolute atomic E-state index is 12.2. The molecule has 0 bridgehead atoms. The van der Waals surface area contributed by atoms with Crippen LogP contribution in [0.25, 0.3) is 5.69 Å². The predicted molar refractivity (Wildman–Crippen MR) is 76.2 cm³/mol.